The Kier molecular flexibility index (Phi) is 3.84. The summed E-state index contributed by atoms with van der Waals surface area (Å²) in [5, 5.41) is 3.27. The van der Waals surface area contributed by atoms with Crippen LogP contribution >= 0.6 is 11.6 Å². The standard InChI is InChI=1S/C12H13ClN4O/c13-9-1-2-11(14)10(7-9)12(18)16-4-6-17-5-3-15-8-17/h1-3,5,7-8H,4,6,14H2,(H,16,18). The molecule has 1 heterocycles. The number of halogens is 1. The molecule has 0 aliphatic carbocycles. The molecule has 0 bridgehead atoms. The summed E-state index contributed by atoms with van der Waals surface area (Å²) < 4.78 is 1.88. The van der Waals surface area contributed by atoms with Crippen LogP contribution < -0.4 is 11.1 Å². The van der Waals surface area contributed by atoms with Gasteiger partial charge >= 0.3 is 0 Å². The Morgan fingerprint density at radius 3 is 3.06 bits per heavy atom. The molecule has 0 saturated carbocycles. The Morgan fingerprint density at radius 2 is 2.33 bits per heavy atom. The molecule has 0 aliphatic heterocycles. The van der Waals surface area contributed by atoms with Crippen LogP contribution in [0.25, 0.3) is 0 Å². The van der Waals surface area contributed by atoms with E-state index in [9.17, 15) is 4.79 Å². The van der Waals surface area contributed by atoms with Crippen LogP contribution in [0.3, 0.4) is 0 Å². The summed E-state index contributed by atoms with van der Waals surface area (Å²) in [6, 6.07) is 4.83. The Hall–Kier alpha value is -2.01. The molecule has 3 N–H and O–H groups in total. The Morgan fingerprint density at radius 1 is 1.50 bits per heavy atom. The quantitative estimate of drug-likeness (QED) is 0.823. The van der Waals surface area contributed by atoms with Crippen molar-refractivity contribution in [2.75, 3.05) is 12.3 Å². The van der Waals surface area contributed by atoms with Gasteiger partial charge in [0.05, 0.1) is 11.9 Å². The van der Waals surface area contributed by atoms with Crippen LogP contribution in [0.2, 0.25) is 5.02 Å². The van der Waals surface area contributed by atoms with Gasteiger partial charge in [0.25, 0.3) is 5.91 Å². The molecule has 0 atom stereocenters. The lowest BCUT2D eigenvalue weighted by Crippen LogP contribution is -2.27. The third-order valence-electron chi connectivity index (χ3n) is 2.47. The van der Waals surface area contributed by atoms with Crippen LogP contribution in [0.15, 0.2) is 36.9 Å². The van der Waals surface area contributed by atoms with Crippen molar-refractivity contribution < 1.29 is 4.79 Å². The average molecular weight is 265 g/mol. The molecule has 1 aromatic heterocycles. The Balaban J connectivity index is 1.93. The summed E-state index contributed by atoms with van der Waals surface area (Å²) in [4.78, 5) is 15.8. The van der Waals surface area contributed by atoms with Crippen LogP contribution in [-0.4, -0.2) is 22.0 Å². The van der Waals surface area contributed by atoms with Gasteiger partial charge in [0, 0.05) is 36.2 Å². The summed E-state index contributed by atoms with van der Waals surface area (Å²) in [7, 11) is 0. The van der Waals surface area contributed by atoms with E-state index >= 15 is 0 Å². The summed E-state index contributed by atoms with van der Waals surface area (Å²) in [6.07, 6.45) is 5.22. The largest absolute Gasteiger partial charge is 0.398 e. The summed E-state index contributed by atoms with van der Waals surface area (Å²) in [6.45, 7) is 1.16. The molecule has 1 aromatic carbocycles. The minimum atomic E-state index is -0.227. The van der Waals surface area contributed by atoms with E-state index in [1.807, 2.05) is 10.8 Å². The zero-order chi connectivity index (χ0) is 13.0. The molecule has 18 heavy (non-hydrogen) atoms. The van der Waals surface area contributed by atoms with E-state index in [1.54, 1.807) is 30.7 Å². The molecule has 0 radical (unpaired) electrons. The van der Waals surface area contributed by atoms with Crippen LogP contribution in [0.4, 0.5) is 5.69 Å². The topological polar surface area (TPSA) is 72.9 Å². The van der Waals surface area contributed by atoms with Gasteiger partial charge in [-0.25, -0.2) is 4.98 Å². The lowest BCUT2D eigenvalue weighted by molar-refractivity contribution is 0.0953. The number of rotatable bonds is 4. The number of nitrogen functional groups attached to an aromatic ring is 1. The predicted octanol–water partition coefficient (Wildman–Crippen LogP) is 1.55. The molecule has 2 aromatic rings. The normalized spacial score (nSPS) is 10.3. The van der Waals surface area contributed by atoms with E-state index in [-0.39, 0.29) is 5.91 Å². The first-order valence-electron chi connectivity index (χ1n) is 5.46. The third-order valence-corrected chi connectivity index (χ3v) is 2.71. The third kappa shape index (κ3) is 3.01. The van der Waals surface area contributed by atoms with E-state index in [1.165, 1.54) is 0 Å². The number of nitrogens with one attached hydrogen (secondary N) is 1. The fraction of sp³-hybridized carbons (Fsp3) is 0.167. The zero-order valence-corrected chi connectivity index (χ0v) is 10.4. The maximum atomic E-state index is 11.9. The molecular weight excluding hydrogens is 252 g/mol. The number of nitrogens with two attached hydrogens (primary N) is 1. The number of hydrogen-bond acceptors (Lipinski definition) is 3. The highest BCUT2D eigenvalue weighted by molar-refractivity contribution is 6.31. The molecule has 94 valence electrons. The van der Waals surface area contributed by atoms with E-state index in [0.717, 1.165) is 0 Å². The molecule has 2 rings (SSSR count). The van der Waals surface area contributed by atoms with Gasteiger partial charge in [0.1, 0.15) is 0 Å². The first-order valence-corrected chi connectivity index (χ1v) is 5.83. The van der Waals surface area contributed by atoms with Crippen molar-refractivity contribution in [1.29, 1.82) is 0 Å². The molecule has 0 spiro atoms. The Bertz CT molecular complexity index is 539. The second-order valence-electron chi connectivity index (χ2n) is 3.79. The minimum Gasteiger partial charge on any atom is -0.398 e. The lowest BCUT2D eigenvalue weighted by Gasteiger charge is -2.08. The number of benzene rings is 1. The van der Waals surface area contributed by atoms with E-state index < -0.39 is 0 Å². The summed E-state index contributed by atoms with van der Waals surface area (Å²) in [5.41, 5.74) is 6.53. The van der Waals surface area contributed by atoms with Crippen LogP contribution in [-0.2, 0) is 6.54 Å². The minimum absolute atomic E-state index is 0.227. The van der Waals surface area contributed by atoms with Crippen LogP contribution in [0, 0.1) is 0 Å². The van der Waals surface area contributed by atoms with Crippen molar-refractivity contribution in [2.24, 2.45) is 0 Å². The van der Waals surface area contributed by atoms with Gasteiger partial charge in [-0.2, -0.15) is 0 Å². The highest BCUT2D eigenvalue weighted by atomic mass is 35.5. The van der Waals surface area contributed by atoms with E-state index in [0.29, 0.717) is 29.4 Å². The van der Waals surface area contributed by atoms with Crippen LogP contribution in [0.5, 0.6) is 0 Å². The van der Waals surface area contributed by atoms with Gasteiger partial charge in [-0.3, -0.25) is 4.79 Å². The number of hydrogen-bond donors (Lipinski definition) is 2. The highest BCUT2D eigenvalue weighted by Crippen LogP contribution is 2.17. The molecular formula is C12H13ClN4O. The number of carbonyl (C=O) groups excluding carboxylic acids is 1. The van der Waals surface area contributed by atoms with Gasteiger partial charge < -0.3 is 15.6 Å². The molecule has 5 nitrogen and oxygen atoms in total. The Labute approximate surface area is 110 Å². The van der Waals surface area contributed by atoms with Crippen molar-refractivity contribution in [3.05, 3.63) is 47.5 Å². The molecule has 0 fully saturated rings. The van der Waals surface area contributed by atoms with Gasteiger partial charge in [-0.1, -0.05) is 11.6 Å². The second-order valence-corrected chi connectivity index (χ2v) is 4.22. The van der Waals surface area contributed by atoms with Gasteiger partial charge in [0.2, 0.25) is 0 Å². The molecule has 0 aliphatic rings. The van der Waals surface area contributed by atoms with Crippen molar-refractivity contribution in [2.45, 2.75) is 6.54 Å². The van der Waals surface area contributed by atoms with Crippen molar-refractivity contribution >= 4 is 23.2 Å². The number of aromatic nitrogens is 2. The maximum Gasteiger partial charge on any atom is 0.253 e. The SMILES string of the molecule is Nc1ccc(Cl)cc1C(=O)NCCn1ccnc1. The second kappa shape index (κ2) is 5.55. The van der Waals surface area contributed by atoms with Crippen LogP contribution in [0.1, 0.15) is 10.4 Å². The first-order chi connectivity index (χ1) is 8.66. The number of imidazole rings is 1. The van der Waals surface area contributed by atoms with E-state index in [4.69, 9.17) is 17.3 Å². The number of carbonyl (C=O) groups is 1. The van der Waals surface area contributed by atoms with Gasteiger partial charge in [0.15, 0.2) is 0 Å². The molecule has 0 unspecified atom stereocenters. The maximum absolute atomic E-state index is 11.9. The average Bonchev–Trinajstić information content (AvgIpc) is 2.85. The van der Waals surface area contributed by atoms with Gasteiger partial charge in [-0.15, -0.1) is 0 Å². The number of anilines is 1. The highest BCUT2D eigenvalue weighted by Gasteiger charge is 2.09. The van der Waals surface area contributed by atoms with Crippen molar-refractivity contribution in [1.82, 2.24) is 14.9 Å². The fourth-order valence-electron chi connectivity index (χ4n) is 1.54. The molecule has 1 amide bonds. The summed E-state index contributed by atoms with van der Waals surface area (Å²) in [5.74, 6) is -0.227. The van der Waals surface area contributed by atoms with Crippen molar-refractivity contribution in [3.8, 4) is 0 Å². The summed E-state index contributed by atoms with van der Waals surface area (Å²) >= 11 is 5.83. The monoisotopic (exact) mass is 264 g/mol. The zero-order valence-electron chi connectivity index (χ0n) is 9.64. The number of nitrogens with zero attached hydrogens (tertiary/aromatic N) is 2. The first kappa shape index (κ1) is 12.4. The smallest absolute Gasteiger partial charge is 0.253 e. The fourth-order valence-corrected chi connectivity index (χ4v) is 1.71. The number of amides is 1. The lowest BCUT2D eigenvalue weighted by atomic mass is 10.1. The van der Waals surface area contributed by atoms with E-state index in [2.05, 4.69) is 10.3 Å². The molecule has 6 heteroatoms. The van der Waals surface area contributed by atoms with Crippen molar-refractivity contribution in [3.63, 3.8) is 0 Å². The van der Waals surface area contributed by atoms with Gasteiger partial charge in [-0.05, 0) is 18.2 Å². The predicted molar refractivity (Wildman–Crippen MR) is 70.4 cm³/mol. The molecule has 0 saturated heterocycles.